The number of nitrogens with zero attached hydrogens (tertiary/aromatic N) is 1. The van der Waals surface area contributed by atoms with Crippen LogP contribution in [0.2, 0.25) is 0 Å². The van der Waals surface area contributed by atoms with Crippen molar-refractivity contribution in [3.05, 3.63) is 35.4 Å². The minimum atomic E-state index is 0.159. The van der Waals surface area contributed by atoms with E-state index >= 15 is 0 Å². The highest BCUT2D eigenvalue weighted by molar-refractivity contribution is 7.99. The highest BCUT2D eigenvalue weighted by Crippen LogP contribution is 2.16. The van der Waals surface area contributed by atoms with Crippen LogP contribution in [0.25, 0.3) is 0 Å². The molecule has 1 unspecified atom stereocenters. The van der Waals surface area contributed by atoms with Gasteiger partial charge in [0.1, 0.15) is 0 Å². The Morgan fingerprint density at radius 1 is 1.38 bits per heavy atom. The van der Waals surface area contributed by atoms with Gasteiger partial charge in [-0.2, -0.15) is 11.8 Å². The Labute approximate surface area is 103 Å². The van der Waals surface area contributed by atoms with Crippen LogP contribution in [0.4, 0.5) is 0 Å². The van der Waals surface area contributed by atoms with Crippen LogP contribution in [0, 0.1) is 6.92 Å². The summed E-state index contributed by atoms with van der Waals surface area (Å²) >= 11 is 1.92. The molecule has 0 radical (unpaired) electrons. The van der Waals surface area contributed by atoms with Gasteiger partial charge < -0.3 is 10.6 Å². The molecule has 1 aromatic rings. The van der Waals surface area contributed by atoms with E-state index in [0.717, 1.165) is 18.1 Å². The summed E-state index contributed by atoms with van der Waals surface area (Å²) in [4.78, 5) is 2.20. The monoisotopic (exact) mass is 238 g/mol. The molecule has 1 aromatic carbocycles. The smallest absolute Gasteiger partial charge is 0.0386 e. The minimum absolute atomic E-state index is 0.159. The van der Waals surface area contributed by atoms with E-state index in [2.05, 4.69) is 50.2 Å². The van der Waals surface area contributed by atoms with Crippen molar-refractivity contribution in [3.8, 4) is 0 Å². The molecule has 0 saturated carbocycles. The van der Waals surface area contributed by atoms with Crippen molar-refractivity contribution in [1.82, 2.24) is 4.90 Å². The van der Waals surface area contributed by atoms with Gasteiger partial charge in [0.05, 0.1) is 0 Å². The summed E-state index contributed by atoms with van der Waals surface area (Å²) in [5, 5.41) is 0. The molecular weight excluding hydrogens is 216 g/mol. The zero-order valence-electron chi connectivity index (χ0n) is 10.4. The lowest BCUT2D eigenvalue weighted by molar-refractivity contribution is 0.437. The zero-order valence-corrected chi connectivity index (χ0v) is 11.3. The van der Waals surface area contributed by atoms with Gasteiger partial charge in [-0.15, -0.1) is 0 Å². The topological polar surface area (TPSA) is 29.3 Å². The van der Waals surface area contributed by atoms with Crippen molar-refractivity contribution in [2.24, 2.45) is 5.73 Å². The molecule has 0 aliphatic heterocycles. The van der Waals surface area contributed by atoms with Gasteiger partial charge in [-0.05, 0) is 26.6 Å². The molecule has 0 aliphatic carbocycles. The van der Waals surface area contributed by atoms with Gasteiger partial charge in [0.25, 0.3) is 0 Å². The fourth-order valence-electron chi connectivity index (χ4n) is 1.45. The lowest BCUT2D eigenvalue weighted by Gasteiger charge is -2.13. The van der Waals surface area contributed by atoms with Crippen LogP contribution in [0.3, 0.4) is 0 Å². The SMILES string of the molecule is Cc1cccc(C(N)CSCCN(C)C)c1. The van der Waals surface area contributed by atoms with E-state index in [0.29, 0.717) is 0 Å². The van der Waals surface area contributed by atoms with Crippen LogP contribution < -0.4 is 5.73 Å². The number of thioether (sulfide) groups is 1. The second-order valence-corrected chi connectivity index (χ2v) is 5.55. The van der Waals surface area contributed by atoms with Crippen LogP contribution in [0.15, 0.2) is 24.3 Å². The molecule has 2 nitrogen and oxygen atoms in total. The molecule has 0 spiro atoms. The zero-order chi connectivity index (χ0) is 12.0. The molecule has 0 saturated heterocycles. The predicted molar refractivity (Wildman–Crippen MR) is 74.0 cm³/mol. The highest BCUT2D eigenvalue weighted by Gasteiger charge is 2.05. The molecule has 0 heterocycles. The summed E-state index contributed by atoms with van der Waals surface area (Å²) in [5.41, 5.74) is 8.68. The maximum absolute atomic E-state index is 6.15. The number of aryl methyl sites for hydroxylation is 1. The van der Waals surface area contributed by atoms with Gasteiger partial charge in [-0.1, -0.05) is 29.8 Å². The normalized spacial score (nSPS) is 13.1. The first kappa shape index (κ1) is 13.6. The van der Waals surface area contributed by atoms with E-state index in [1.165, 1.54) is 11.1 Å². The van der Waals surface area contributed by atoms with Crippen molar-refractivity contribution < 1.29 is 0 Å². The van der Waals surface area contributed by atoms with Crippen LogP contribution in [-0.2, 0) is 0 Å². The van der Waals surface area contributed by atoms with Gasteiger partial charge in [0.2, 0.25) is 0 Å². The fraction of sp³-hybridized carbons (Fsp3) is 0.538. The van der Waals surface area contributed by atoms with E-state index in [1.807, 2.05) is 11.8 Å². The van der Waals surface area contributed by atoms with Crippen molar-refractivity contribution >= 4 is 11.8 Å². The highest BCUT2D eigenvalue weighted by atomic mass is 32.2. The number of hydrogen-bond donors (Lipinski definition) is 1. The third-order valence-electron chi connectivity index (χ3n) is 2.45. The molecule has 0 bridgehead atoms. The number of nitrogens with two attached hydrogens (primary N) is 1. The van der Waals surface area contributed by atoms with Gasteiger partial charge >= 0.3 is 0 Å². The first-order valence-corrected chi connectivity index (χ1v) is 6.79. The summed E-state index contributed by atoms with van der Waals surface area (Å²) in [6.45, 7) is 3.22. The second-order valence-electron chi connectivity index (χ2n) is 4.40. The first-order chi connectivity index (χ1) is 7.59. The summed E-state index contributed by atoms with van der Waals surface area (Å²) in [5.74, 6) is 2.14. The van der Waals surface area contributed by atoms with Crippen LogP contribution in [0.5, 0.6) is 0 Å². The molecule has 1 rings (SSSR count). The largest absolute Gasteiger partial charge is 0.323 e. The van der Waals surface area contributed by atoms with E-state index in [9.17, 15) is 0 Å². The Morgan fingerprint density at radius 2 is 2.12 bits per heavy atom. The average Bonchev–Trinajstić information content (AvgIpc) is 2.24. The van der Waals surface area contributed by atoms with Gasteiger partial charge in [0, 0.05) is 24.1 Å². The maximum atomic E-state index is 6.15. The van der Waals surface area contributed by atoms with E-state index in [4.69, 9.17) is 5.73 Å². The predicted octanol–water partition coefficient (Wildman–Crippen LogP) is 2.29. The van der Waals surface area contributed by atoms with Crippen molar-refractivity contribution in [2.45, 2.75) is 13.0 Å². The third kappa shape index (κ3) is 5.01. The number of benzene rings is 1. The maximum Gasteiger partial charge on any atom is 0.0386 e. The lowest BCUT2D eigenvalue weighted by atomic mass is 10.1. The quantitative estimate of drug-likeness (QED) is 0.771. The Morgan fingerprint density at radius 3 is 2.75 bits per heavy atom. The Balaban J connectivity index is 2.32. The molecule has 16 heavy (non-hydrogen) atoms. The molecule has 90 valence electrons. The summed E-state index contributed by atoms with van der Waals surface area (Å²) in [6, 6.07) is 8.64. The van der Waals surface area contributed by atoms with Crippen molar-refractivity contribution in [1.29, 1.82) is 0 Å². The van der Waals surface area contributed by atoms with Gasteiger partial charge in [-0.25, -0.2) is 0 Å². The third-order valence-corrected chi connectivity index (χ3v) is 3.52. The molecule has 0 aliphatic rings. The Bertz CT molecular complexity index is 313. The molecular formula is C13H22N2S. The molecule has 0 aromatic heterocycles. The Kier molecular flexibility index (Phi) is 5.88. The van der Waals surface area contributed by atoms with Crippen molar-refractivity contribution in [3.63, 3.8) is 0 Å². The van der Waals surface area contributed by atoms with E-state index in [1.54, 1.807) is 0 Å². The van der Waals surface area contributed by atoms with E-state index in [-0.39, 0.29) is 6.04 Å². The average molecular weight is 238 g/mol. The lowest BCUT2D eigenvalue weighted by Crippen LogP contribution is -2.17. The minimum Gasteiger partial charge on any atom is -0.323 e. The molecule has 3 heteroatoms. The van der Waals surface area contributed by atoms with Gasteiger partial charge in [0.15, 0.2) is 0 Å². The summed E-state index contributed by atoms with van der Waals surface area (Å²) in [7, 11) is 4.20. The van der Waals surface area contributed by atoms with Crippen LogP contribution in [-0.4, -0.2) is 37.0 Å². The van der Waals surface area contributed by atoms with Crippen LogP contribution >= 0.6 is 11.8 Å². The first-order valence-electron chi connectivity index (χ1n) is 5.64. The summed E-state index contributed by atoms with van der Waals surface area (Å²) in [6.07, 6.45) is 0. The van der Waals surface area contributed by atoms with Crippen LogP contribution in [0.1, 0.15) is 17.2 Å². The number of hydrogen-bond acceptors (Lipinski definition) is 3. The summed E-state index contributed by atoms with van der Waals surface area (Å²) < 4.78 is 0. The van der Waals surface area contributed by atoms with E-state index < -0.39 is 0 Å². The number of rotatable bonds is 6. The fourth-order valence-corrected chi connectivity index (χ4v) is 2.56. The Hall–Kier alpha value is -0.510. The van der Waals surface area contributed by atoms with Gasteiger partial charge in [-0.3, -0.25) is 0 Å². The molecule has 2 N–H and O–H groups in total. The molecule has 0 amide bonds. The standard InChI is InChI=1S/C13H22N2S/c1-11-5-4-6-12(9-11)13(14)10-16-8-7-15(2)3/h4-6,9,13H,7-8,10,14H2,1-3H3. The molecule has 0 fully saturated rings. The van der Waals surface area contributed by atoms with Crippen molar-refractivity contribution in [2.75, 3.05) is 32.1 Å². The molecule has 1 atom stereocenters. The second kappa shape index (κ2) is 6.94.